The van der Waals surface area contributed by atoms with Crippen LogP contribution in [0.15, 0.2) is 6.07 Å². The van der Waals surface area contributed by atoms with Crippen molar-refractivity contribution < 1.29 is 4.79 Å². The number of ketones is 1. The van der Waals surface area contributed by atoms with E-state index in [9.17, 15) is 4.79 Å². The molecule has 0 radical (unpaired) electrons. The van der Waals surface area contributed by atoms with Crippen molar-refractivity contribution in [3.63, 3.8) is 0 Å². The van der Waals surface area contributed by atoms with Crippen LogP contribution in [0.1, 0.15) is 39.4 Å². The Hall–Kier alpha value is -0.630. The molecule has 0 amide bonds. The van der Waals surface area contributed by atoms with E-state index in [2.05, 4.69) is 6.92 Å². The van der Waals surface area contributed by atoms with Gasteiger partial charge >= 0.3 is 0 Å². The minimum atomic E-state index is 0.351. The maximum absolute atomic E-state index is 11.7. The van der Waals surface area contributed by atoms with Gasteiger partial charge in [-0.15, -0.1) is 11.3 Å². The Morgan fingerprint density at radius 2 is 2.23 bits per heavy atom. The highest BCUT2D eigenvalue weighted by atomic mass is 32.1. The average Bonchev–Trinajstić information content (AvgIpc) is 2.77. The first kappa shape index (κ1) is 8.95. The molecule has 1 aliphatic rings. The average molecular weight is 194 g/mol. The summed E-state index contributed by atoms with van der Waals surface area (Å²) < 4.78 is 0. The zero-order valence-corrected chi connectivity index (χ0v) is 8.91. The van der Waals surface area contributed by atoms with Gasteiger partial charge in [0.1, 0.15) is 0 Å². The summed E-state index contributed by atoms with van der Waals surface area (Å²) in [6.07, 6.45) is 3.29. The molecule has 0 aliphatic heterocycles. The maximum Gasteiger partial charge on any atom is 0.164 e. The van der Waals surface area contributed by atoms with Crippen LogP contribution in [-0.4, -0.2) is 5.78 Å². The van der Waals surface area contributed by atoms with E-state index in [1.165, 1.54) is 22.6 Å². The fraction of sp³-hybridized carbons (Fsp3) is 0.545. The summed E-state index contributed by atoms with van der Waals surface area (Å²) in [4.78, 5) is 14.2. The molecule has 1 aromatic heterocycles. The van der Waals surface area contributed by atoms with Crippen LogP contribution in [0.3, 0.4) is 0 Å². The molecule has 0 unspecified atom stereocenters. The number of Topliss-reactive ketones (excluding diaryl/α,β-unsaturated/α-hetero) is 1. The van der Waals surface area contributed by atoms with E-state index in [1.807, 2.05) is 13.0 Å². The van der Waals surface area contributed by atoms with Crippen molar-refractivity contribution in [1.82, 2.24) is 0 Å². The van der Waals surface area contributed by atoms with Gasteiger partial charge in [-0.3, -0.25) is 4.79 Å². The Bertz CT molecular complexity index is 334. The Labute approximate surface area is 82.8 Å². The Morgan fingerprint density at radius 3 is 2.69 bits per heavy atom. The highest BCUT2D eigenvalue weighted by Gasteiger charge is 2.25. The van der Waals surface area contributed by atoms with Gasteiger partial charge in [0.05, 0.1) is 0 Å². The Balaban J connectivity index is 2.13. The first-order valence-corrected chi connectivity index (χ1v) is 5.58. The summed E-state index contributed by atoms with van der Waals surface area (Å²) >= 11 is 1.72. The molecule has 13 heavy (non-hydrogen) atoms. The standard InChI is InChI=1S/C11H14OS/c1-7-5-10(8(2)13-7)11(12)6-9-3-4-9/h5,9H,3-4,6H2,1-2H3. The van der Waals surface area contributed by atoms with E-state index in [1.54, 1.807) is 11.3 Å². The van der Waals surface area contributed by atoms with Crippen LogP contribution < -0.4 is 0 Å². The molecule has 2 heteroatoms. The highest BCUT2D eigenvalue weighted by Crippen LogP contribution is 2.34. The lowest BCUT2D eigenvalue weighted by atomic mass is 10.1. The van der Waals surface area contributed by atoms with E-state index in [4.69, 9.17) is 0 Å². The van der Waals surface area contributed by atoms with E-state index in [0.29, 0.717) is 11.7 Å². The summed E-state index contributed by atoms with van der Waals surface area (Å²) in [5.74, 6) is 1.05. The van der Waals surface area contributed by atoms with E-state index in [0.717, 1.165) is 12.0 Å². The fourth-order valence-corrected chi connectivity index (χ4v) is 2.54. The molecule has 2 rings (SSSR count). The lowest BCUT2D eigenvalue weighted by molar-refractivity contribution is 0.0976. The van der Waals surface area contributed by atoms with Crippen LogP contribution in [0.2, 0.25) is 0 Å². The summed E-state index contributed by atoms with van der Waals surface area (Å²) in [5, 5.41) is 0. The van der Waals surface area contributed by atoms with Gasteiger partial charge in [-0.2, -0.15) is 0 Å². The molecular formula is C11H14OS. The van der Waals surface area contributed by atoms with Crippen molar-refractivity contribution in [1.29, 1.82) is 0 Å². The smallest absolute Gasteiger partial charge is 0.164 e. The molecule has 1 saturated carbocycles. The minimum Gasteiger partial charge on any atom is -0.294 e. The van der Waals surface area contributed by atoms with Gasteiger partial charge in [-0.05, 0) is 38.7 Å². The maximum atomic E-state index is 11.7. The molecule has 1 aliphatic carbocycles. The number of aryl methyl sites for hydroxylation is 2. The number of carbonyl (C=O) groups is 1. The monoisotopic (exact) mass is 194 g/mol. The third kappa shape index (κ3) is 1.99. The zero-order chi connectivity index (χ0) is 9.42. The number of carbonyl (C=O) groups excluding carboxylic acids is 1. The largest absolute Gasteiger partial charge is 0.294 e. The highest BCUT2D eigenvalue weighted by molar-refractivity contribution is 7.12. The second-order valence-electron chi connectivity index (χ2n) is 3.90. The van der Waals surface area contributed by atoms with Crippen LogP contribution in [-0.2, 0) is 0 Å². The molecular weight excluding hydrogens is 180 g/mol. The van der Waals surface area contributed by atoms with Crippen LogP contribution in [0.5, 0.6) is 0 Å². The van der Waals surface area contributed by atoms with Crippen molar-refractivity contribution in [3.8, 4) is 0 Å². The molecule has 0 spiro atoms. The normalized spacial score (nSPS) is 16.2. The summed E-state index contributed by atoms with van der Waals surface area (Å²) in [5.41, 5.74) is 0.967. The predicted molar refractivity (Wildman–Crippen MR) is 55.5 cm³/mol. The van der Waals surface area contributed by atoms with Crippen molar-refractivity contribution in [2.45, 2.75) is 33.1 Å². The van der Waals surface area contributed by atoms with Crippen molar-refractivity contribution in [2.24, 2.45) is 5.92 Å². The van der Waals surface area contributed by atoms with Gasteiger partial charge in [0.15, 0.2) is 5.78 Å². The van der Waals surface area contributed by atoms with E-state index < -0.39 is 0 Å². The number of thiophene rings is 1. The van der Waals surface area contributed by atoms with Crippen LogP contribution in [0, 0.1) is 19.8 Å². The minimum absolute atomic E-state index is 0.351. The molecule has 70 valence electrons. The van der Waals surface area contributed by atoms with Crippen LogP contribution in [0.4, 0.5) is 0 Å². The second-order valence-corrected chi connectivity index (χ2v) is 5.36. The van der Waals surface area contributed by atoms with Crippen molar-refractivity contribution in [2.75, 3.05) is 0 Å². The fourth-order valence-electron chi connectivity index (χ4n) is 1.60. The molecule has 0 N–H and O–H groups in total. The van der Waals surface area contributed by atoms with E-state index >= 15 is 0 Å². The molecule has 1 heterocycles. The van der Waals surface area contributed by atoms with Crippen molar-refractivity contribution in [3.05, 3.63) is 21.4 Å². The first-order valence-electron chi connectivity index (χ1n) is 4.77. The molecule has 1 aromatic rings. The van der Waals surface area contributed by atoms with Gasteiger partial charge < -0.3 is 0 Å². The molecule has 1 fully saturated rings. The third-order valence-corrected chi connectivity index (χ3v) is 3.48. The summed E-state index contributed by atoms with van der Waals surface area (Å²) in [6, 6.07) is 2.03. The van der Waals surface area contributed by atoms with Gasteiger partial charge in [-0.25, -0.2) is 0 Å². The molecule has 0 saturated heterocycles. The summed E-state index contributed by atoms with van der Waals surface area (Å²) in [6.45, 7) is 4.10. The molecule has 0 aromatic carbocycles. The Morgan fingerprint density at radius 1 is 1.54 bits per heavy atom. The van der Waals surface area contributed by atoms with Gasteiger partial charge in [0.2, 0.25) is 0 Å². The zero-order valence-electron chi connectivity index (χ0n) is 8.09. The number of rotatable bonds is 3. The topological polar surface area (TPSA) is 17.1 Å². The quantitative estimate of drug-likeness (QED) is 0.674. The lowest BCUT2D eigenvalue weighted by Gasteiger charge is -1.96. The van der Waals surface area contributed by atoms with Gasteiger partial charge in [0.25, 0.3) is 0 Å². The Kier molecular flexibility index (Phi) is 2.24. The number of hydrogen-bond donors (Lipinski definition) is 0. The predicted octanol–water partition coefficient (Wildman–Crippen LogP) is 3.35. The lowest BCUT2D eigenvalue weighted by Crippen LogP contribution is -1.99. The molecule has 0 atom stereocenters. The first-order chi connectivity index (χ1) is 6.16. The second kappa shape index (κ2) is 3.26. The van der Waals surface area contributed by atoms with Crippen LogP contribution >= 0.6 is 11.3 Å². The van der Waals surface area contributed by atoms with E-state index in [-0.39, 0.29) is 0 Å². The number of hydrogen-bond acceptors (Lipinski definition) is 2. The SMILES string of the molecule is Cc1cc(C(=O)CC2CC2)c(C)s1. The summed E-state index contributed by atoms with van der Waals surface area (Å²) in [7, 11) is 0. The van der Waals surface area contributed by atoms with Gasteiger partial charge in [0, 0.05) is 21.7 Å². The van der Waals surface area contributed by atoms with Crippen LogP contribution in [0.25, 0.3) is 0 Å². The van der Waals surface area contributed by atoms with Gasteiger partial charge in [-0.1, -0.05) is 0 Å². The van der Waals surface area contributed by atoms with Crippen molar-refractivity contribution >= 4 is 17.1 Å². The molecule has 1 nitrogen and oxygen atoms in total. The molecule has 0 bridgehead atoms. The third-order valence-electron chi connectivity index (χ3n) is 2.51.